The largest absolute Gasteiger partial charge is 0.381 e. The number of hydrogen-bond donors (Lipinski definition) is 1. The van der Waals surface area contributed by atoms with Crippen molar-refractivity contribution in [2.45, 2.75) is 53.0 Å². The average molecular weight is 270 g/mol. The SMILES string of the molecule is CCC(C)N(C)CC1(CNCC(C)C)CCCOC1. The molecule has 1 aliphatic heterocycles. The van der Waals surface area contributed by atoms with Crippen molar-refractivity contribution in [1.82, 2.24) is 10.2 Å². The predicted octanol–water partition coefficient (Wildman–Crippen LogP) is 2.76. The molecule has 0 aliphatic carbocycles. The van der Waals surface area contributed by atoms with E-state index in [9.17, 15) is 0 Å². The lowest BCUT2D eigenvalue weighted by Crippen LogP contribution is -2.50. The first-order valence-electron chi connectivity index (χ1n) is 7.98. The molecule has 1 rings (SSSR count). The number of hydrogen-bond acceptors (Lipinski definition) is 3. The maximum Gasteiger partial charge on any atom is 0.0546 e. The van der Waals surface area contributed by atoms with E-state index < -0.39 is 0 Å². The molecule has 0 bridgehead atoms. The van der Waals surface area contributed by atoms with Crippen LogP contribution in [0.2, 0.25) is 0 Å². The van der Waals surface area contributed by atoms with Gasteiger partial charge in [-0.1, -0.05) is 20.8 Å². The van der Waals surface area contributed by atoms with Gasteiger partial charge in [0, 0.05) is 31.2 Å². The van der Waals surface area contributed by atoms with Gasteiger partial charge in [-0.25, -0.2) is 0 Å². The normalized spacial score (nSPS) is 26.1. The number of ether oxygens (including phenoxy) is 1. The fourth-order valence-corrected chi connectivity index (χ4v) is 2.85. The van der Waals surface area contributed by atoms with Crippen LogP contribution in [0.15, 0.2) is 0 Å². The molecule has 0 spiro atoms. The highest BCUT2D eigenvalue weighted by molar-refractivity contribution is 4.87. The molecule has 3 heteroatoms. The second-order valence-corrected chi connectivity index (χ2v) is 6.85. The third-order valence-corrected chi connectivity index (χ3v) is 4.38. The summed E-state index contributed by atoms with van der Waals surface area (Å²) in [5.74, 6) is 0.717. The van der Waals surface area contributed by atoms with Crippen molar-refractivity contribution in [2.75, 3.05) is 39.9 Å². The zero-order valence-corrected chi connectivity index (χ0v) is 13.7. The average Bonchev–Trinajstić information content (AvgIpc) is 2.38. The first-order valence-corrected chi connectivity index (χ1v) is 7.98. The molecule has 0 aromatic rings. The summed E-state index contributed by atoms with van der Waals surface area (Å²) in [4.78, 5) is 2.51. The van der Waals surface area contributed by atoms with Crippen molar-refractivity contribution in [3.63, 3.8) is 0 Å². The van der Waals surface area contributed by atoms with Crippen LogP contribution in [0.3, 0.4) is 0 Å². The lowest BCUT2D eigenvalue weighted by molar-refractivity contribution is -0.0277. The monoisotopic (exact) mass is 270 g/mol. The molecule has 0 saturated carbocycles. The Morgan fingerprint density at radius 1 is 1.32 bits per heavy atom. The van der Waals surface area contributed by atoms with Crippen molar-refractivity contribution in [2.24, 2.45) is 11.3 Å². The molecule has 1 heterocycles. The summed E-state index contributed by atoms with van der Waals surface area (Å²) < 4.78 is 5.79. The molecule has 114 valence electrons. The molecule has 1 aliphatic rings. The first-order chi connectivity index (χ1) is 8.99. The summed E-state index contributed by atoms with van der Waals surface area (Å²) >= 11 is 0. The topological polar surface area (TPSA) is 24.5 Å². The van der Waals surface area contributed by atoms with Crippen LogP contribution in [-0.2, 0) is 4.74 Å². The third kappa shape index (κ3) is 5.80. The summed E-state index contributed by atoms with van der Waals surface area (Å²) in [5.41, 5.74) is 0.311. The Balaban J connectivity index is 2.54. The van der Waals surface area contributed by atoms with Crippen molar-refractivity contribution in [3.8, 4) is 0 Å². The van der Waals surface area contributed by atoms with E-state index in [-0.39, 0.29) is 0 Å². The zero-order valence-electron chi connectivity index (χ0n) is 13.7. The maximum atomic E-state index is 5.79. The van der Waals surface area contributed by atoms with Gasteiger partial charge in [-0.3, -0.25) is 0 Å². The minimum absolute atomic E-state index is 0.311. The fourth-order valence-electron chi connectivity index (χ4n) is 2.85. The van der Waals surface area contributed by atoms with E-state index >= 15 is 0 Å². The Bertz CT molecular complexity index is 237. The van der Waals surface area contributed by atoms with E-state index in [1.165, 1.54) is 19.3 Å². The molecular formula is C16H34N2O. The van der Waals surface area contributed by atoms with Crippen LogP contribution < -0.4 is 5.32 Å². The van der Waals surface area contributed by atoms with Crippen LogP contribution in [-0.4, -0.2) is 50.8 Å². The van der Waals surface area contributed by atoms with Crippen molar-refractivity contribution in [1.29, 1.82) is 0 Å². The van der Waals surface area contributed by atoms with Gasteiger partial charge in [-0.2, -0.15) is 0 Å². The third-order valence-electron chi connectivity index (χ3n) is 4.38. The van der Waals surface area contributed by atoms with E-state index in [1.807, 2.05) is 0 Å². The summed E-state index contributed by atoms with van der Waals surface area (Å²) in [7, 11) is 2.26. The van der Waals surface area contributed by atoms with Crippen LogP contribution in [0.5, 0.6) is 0 Å². The van der Waals surface area contributed by atoms with Gasteiger partial charge in [0.05, 0.1) is 6.61 Å². The standard InChI is InChI=1S/C16H34N2O/c1-6-15(4)18(5)12-16(8-7-9-19-13-16)11-17-10-14(2)3/h14-15,17H,6-13H2,1-5H3. The quantitative estimate of drug-likeness (QED) is 0.734. The smallest absolute Gasteiger partial charge is 0.0546 e. The van der Waals surface area contributed by atoms with Crippen LogP contribution in [0.4, 0.5) is 0 Å². The number of nitrogens with zero attached hydrogens (tertiary/aromatic N) is 1. The lowest BCUT2D eigenvalue weighted by Gasteiger charge is -2.41. The van der Waals surface area contributed by atoms with Gasteiger partial charge in [0.25, 0.3) is 0 Å². The molecule has 3 nitrogen and oxygen atoms in total. The molecule has 0 aromatic carbocycles. The zero-order chi connectivity index (χ0) is 14.3. The highest BCUT2D eigenvalue weighted by atomic mass is 16.5. The number of rotatable bonds is 8. The maximum absolute atomic E-state index is 5.79. The van der Waals surface area contributed by atoms with Gasteiger partial charge >= 0.3 is 0 Å². The Kier molecular flexibility index (Phi) is 7.33. The lowest BCUT2D eigenvalue weighted by atomic mass is 9.81. The van der Waals surface area contributed by atoms with Crippen LogP contribution in [0.1, 0.15) is 47.0 Å². The van der Waals surface area contributed by atoms with Crippen LogP contribution in [0.25, 0.3) is 0 Å². The van der Waals surface area contributed by atoms with Crippen molar-refractivity contribution in [3.05, 3.63) is 0 Å². The molecule has 1 N–H and O–H groups in total. The molecule has 2 unspecified atom stereocenters. The van der Waals surface area contributed by atoms with E-state index in [2.05, 4.69) is 45.0 Å². The minimum Gasteiger partial charge on any atom is -0.381 e. The van der Waals surface area contributed by atoms with Crippen LogP contribution in [0, 0.1) is 11.3 Å². The van der Waals surface area contributed by atoms with E-state index in [0.717, 1.165) is 32.8 Å². The van der Waals surface area contributed by atoms with E-state index in [0.29, 0.717) is 17.4 Å². The Labute approximate surface area is 120 Å². The molecular weight excluding hydrogens is 236 g/mol. The highest BCUT2D eigenvalue weighted by Gasteiger charge is 2.34. The van der Waals surface area contributed by atoms with Gasteiger partial charge in [-0.15, -0.1) is 0 Å². The molecule has 19 heavy (non-hydrogen) atoms. The van der Waals surface area contributed by atoms with E-state index in [1.54, 1.807) is 0 Å². The summed E-state index contributed by atoms with van der Waals surface area (Å²) in [6, 6.07) is 0.656. The minimum atomic E-state index is 0.311. The molecule has 1 fully saturated rings. The molecule has 0 amide bonds. The van der Waals surface area contributed by atoms with Crippen molar-refractivity contribution < 1.29 is 4.74 Å². The summed E-state index contributed by atoms with van der Waals surface area (Å²) in [5, 5.41) is 3.65. The first kappa shape index (κ1) is 16.9. The van der Waals surface area contributed by atoms with Gasteiger partial charge in [0.1, 0.15) is 0 Å². The Hall–Kier alpha value is -0.120. The summed E-state index contributed by atoms with van der Waals surface area (Å²) in [6.45, 7) is 14.3. The summed E-state index contributed by atoms with van der Waals surface area (Å²) in [6.07, 6.45) is 3.71. The molecule has 0 radical (unpaired) electrons. The van der Waals surface area contributed by atoms with E-state index in [4.69, 9.17) is 4.74 Å². The Morgan fingerprint density at radius 2 is 2.05 bits per heavy atom. The van der Waals surface area contributed by atoms with Crippen molar-refractivity contribution >= 4 is 0 Å². The molecule has 2 atom stereocenters. The second kappa shape index (κ2) is 8.23. The fraction of sp³-hybridized carbons (Fsp3) is 1.00. The van der Waals surface area contributed by atoms with Gasteiger partial charge in [0.15, 0.2) is 0 Å². The van der Waals surface area contributed by atoms with Gasteiger partial charge < -0.3 is 15.0 Å². The predicted molar refractivity (Wildman–Crippen MR) is 82.6 cm³/mol. The Morgan fingerprint density at radius 3 is 2.58 bits per heavy atom. The molecule has 1 saturated heterocycles. The van der Waals surface area contributed by atoms with Gasteiger partial charge in [0.2, 0.25) is 0 Å². The molecule has 0 aromatic heterocycles. The highest BCUT2D eigenvalue weighted by Crippen LogP contribution is 2.29. The van der Waals surface area contributed by atoms with Crippen LogP contribution >= 0.6 is 0 Å². The van der Waals surface area contributed by atoms with Gasteiger partial charge in [-0.05, 0) is 45.7 Å². The number of nitrogens with one attached hydrogen (secondary N) is 1. The second-order valence-electron chi connectivity index (χ2n) is 6.85.